The van der Waals surface area contributed by atoms with E-state index in [9.17, 15) is 9.70 Å². The summed E-state index contributed by atoms with van der Waals surface area (Å²) in [5.74, 6) is 5.67. The number of hydrogen-bond acceptors (Lipinski definition) is 2. The van der Waals surface area contributed by atoms with Gasteiger partial charge in [-0.05, 0) is 111 Å². The van der Waals surface area contributed by atoms with Gasteiger partial charge in [-0.25, -0.2) is 4.79 Å². The molecular formula is C31H51NO2+. The fourth-order valence-corrected chi connectivity index (χ4v) is 9.54. The summed E-state index contributed by atoms with van der Waals surface area (Å²) in [6.07, 6.45) is 17.7. The van der Waals surface area contributed by atoms with Crippen molar-refractivity contribution in [2.45, 2.75) is 105 Å². The van der Waals surface area contributed by atoms with Gasteiger partial charge in [0.05, 0.1) is 4.76 Å². The third-order valence-electron chi connectivity index (χ3n) is 11.5. The Balaban J connectivity index is 1.45. The molecule has 0 saturated heterocycles. The zero-order valence-corrected chi connectivity index (χ0v) is 22.7. The van der Waals surface area contributed by atoms with Crippen LogP contribution < -0.4 is 0 Å². The number of rotatable bonds is 9. The first kappa shape index (κ1) is 26.1. The van der Waals surface area contributed by atoms with Crippen molar-refractivity contribution >= 4 is 6.41 Å². The van der Waals surface area contributed by atoms with Crippen LogP contribution in [0.25, 0.3) is 0 Å². The first-order valence-corrected chi connectivity index (χ1v) is 14.5. The molecule has 0 heterocycles. The predicted octanol–water partition coefficient (Wildman–Crippen LogP) is 8.03. The maximum atomic E-state index is 11.6. The van der Waals surface area contributed by atoms with Crippen LogP contribution in [0.5, 0.6) is 0 Å². The smallest absolute Gasteiger partial charge is 0.218 e. The van der Waals surface area contributed by atoms with E-state index in [0.29, 0.717) is 27.9 Å². The van der Waals surface area contributed by atoms with E-state index in [4.69, 9.17) is 0 Å². The first-order valence-electron chi connectivity index (χ1n) is 14.5. The van der Waals surface area contributed by atoms with Gasteiger partial charge in [-0.15, -0.1) is 0 Å². The van der Waals surface area contributed by atoms with Crippen LogP contribution in [-0.4, -0.2) is 17.7 Å². The van der Waals surface area contributed by atoms with E-state index in [1.165, 1.54) is 57.8 Å². The highest BCUT2D eigenvalue weighted by Crippen LogP contribution is 2.67. The van der Waals surface area contributed by atoms with Gasteiger partial charge >= 0.3 is 6.41 Å². The second-order valence-corrected chi connectivity index (χ2v) is 13.8. The highest BCUT2D eigenvalue weighted by molar-refractivity contribution is 5.33. The molecule has 3 nitrogen and oxygen atoms in total. The monoisotopic (exact) mass is 469 g/mol. The summed E-state index contributed by atoms with van der Waals surface area (Å²) in [7, 11) is 0. The van der Waals surface area contributed by atoms with Gasteiger partial charge < -0.3 is 0 Å². The van der Waals surface area contributed by atoms with E-state index >= 15 is 0 Å². The van der Waals surface area contributed by atoms with Crippen molar-refractivity contribution in [3.8, 4) is 0 Å². The summed E-state index contributed by atoms with van der Waals surface area (Å²) < 4.78 is 0.527. The topological polar surface area (TPSA) is 37.1 Å². The van der Waals surface area contributed by atoms with E-state index in [0.717, 1.165) is 48.3 Å². The van der Waals surface area contributed by atoms with Crippen LogP contribution in [-0.2, 0) is 4.79 Å². The molecule has 1 radical (unpaired) electrons. The highest BCUT2D eigenvalue weighted by Gasteiger charge is 2.59. The Kier molecular flexibility index (Phi) is 7.80. The van der Waals surface area contributed by atoms with Crippen LogP contribution in [0, 0.1) is 70.0 Å². The number of nitroso groups, excluding NO2 is 1. The molecule has 4 aliphatic carbocycles. The molecule has 0 bridgehead atoms. The summed E-state index contributed by atoms with van der Waals surface area (Å²) in [6, 6.07) is 0. The molecule has 1 amide bonds. The Bertz CT molecular complexity index is 786. The van der Waals surface area contributed by atoms with E-state index in [1.807, 2.05) is 0 Å². The van der Waals surface area contributed by atoms with E-state index in [1.54, 1.807) is 5.57 Å². The number of amides is 1. The number of hydrogen-bond donors (Lipinski definition) is 0. The average molecular weight is 470 g/mol. The molecule has 0 aromatic carbocycles. The normalized spacial score (nSPS) is 41.1. The zero-order valence-electron chi connectivity index (χ0n) is 22.7. The molecule has 3 heteroatoms. The summed E-state index contributed by atoms with van der Waals surface area (Å²) in [5, 5.41) is 0. The molecule has 0 aromatic rings. The lowest BCUT2D eigenvalue weighted by molar-refractivity contribution is -0.461. The number of carbonyl (C=O) groups excluding carboxylic acids is 1. The van der Waals surface area contributed by atoms with Crippen molar-refractivity contribution in [3.63, 3.8) is 0 Å². The van der Waals surface area contributed by atoms with Gasteiger partial charge in [-0.2, -0.15) is 0 Å². The molecule has 9 atom stereocenters. The van der Waals surface area contributed by atoms with Crippen LogP contribution >= 0.6 is 0 Å². The van der Waals surface area contributed by atoms with Crippen molar-refractivity contribution in [2.24, 2.45) is 58.2 Å². The van der Waals surface area contributed by atoms with Gasteiger partial charge in [-0.3, -0.25) is 0 Å². The molecule has 4 aliphatic rings. The minimum atomic E-state index is 0.0355. The van der Waals surface area contributed by atoms with Crippen LogP contribution in [0.4, 0.5) is 0 Å². The van der Waals surface area contributed by atoms with E-state index in [-0.39, 0.29) is 12.5 Å². The Morgan fingerprint density at radius 3 is 2.56 bits per heavy atom. The molecule has 34 heavy (non-hydrogen) atoms. The average Bonchev–Trinajstić information content (AvgIpc) is 3.15. The van der Waals surface area contributed by atoms with Crippen molar-refractivity contribution in [2.75, 3.05) is 6.54 Å². The second-order valence-electron chi connectivity index (χ2n) is 13.8. The fourth-order valence-electron chi connectivity index (χ4n) is 9.54. The second kappa shape index (κ2) is 10.2. The molecule has 0 aliphatic heterocycles. The zero-order chi connectivity index (χ0) is 24.7. The van der Waals surface area contributed by atoms with Crippen molar-refractivity contribution in [1.29, 1.82) is 0 Å². The SMILES string of the molecule is [CH2]C(C[N+](=O)C=O)C1CC[C@@]2(C)C(=CCC3C2CC[C@@]2(C)C3CC[C@@H]2[C@H](C)CCCC(C)C)C1. The molecule has 0 N–H and O–H groups in total. The lowest BCUT2D eigenvalue weighted by Gasteiger charge is -2.59. The van der Waals surface area contributed by atoms with Crippen LogP contribution in [0.2, 0.25) is 0 Å². The van der Waals surface area contributed by atoms with Gasteiger partial charge in [0.25, 0.3) is 0 Å². The molecule has 3 fully saturated rings. The lowest BCUT2D eigenvalue weighted by atomic mass is 9.46. The fraction of sp³-hybridized carbons (Fsp3) is 0.871. The summed E-state index contributed by atoms with van der Waals surface area (Å²) in [5.41, 5.74) is 2.54. The van der Waals surface area contributed by atoms with Gasteiger partial charge in [0.1, 0.15) is 0 Å². The molecule has 0 spiro atoms. The van der Waals surface area contributed by atoms with Gasteiger partial charge in [-0.1, -0.05) is 65.5 Å². The summed E-state index contributed by atoms with van der Waals surface area (Å²) in [4.78, 5) is 22.4. The molecule has 3 saturated carbocycles. The minimum absolute atomic E-state index is 0.0355. The number of nitrogens with zero attached hydrogens (tertiary/aromatic N) is 1. The number of allylic oxidation sites excluding steroid dienone is 2. The van der Waals surface area contributed by atoms with Crippen molar-refractivity contribution in [1.82, 2.24) is 0 Å². The standard InChI is InChI=1S/C31H51NO2/c1-21(2)8-7-9-22(3)27-12-13-28-26-11-10-25-18-24(23(4)19-32(34)20-33)14-16-30(25,5)29(26)15-17-31(27,28)6/h10,20-24,26-29H,4,7-9,11-19H2,1-3,5-6H3/q+1/t22-,23?,24?,26?,27-,28?,29?,30+,31-/m1/s1. The van der Waals surface area contributed by atoms with Gasteiger partial charge in [0, 0.05) is 10.8 Å². The maximum Gasteiger partial charge on any atom is 0.421 e. The number of fused-ring (bicyclic) bond motifs is 5. The first-order chi connectivity index (χ1) is 16.1. The van der Waals surface area contributed by atoms with E-state index in [2.05, 4.69) is 47.6 Å². The molecule has 5 unspecified atom stereocenters. The molecule has 4 rings (SSSR count). The van der Waals surface area contributed by atoms with Crippen molar-refractivity contribution in [3.05, 3.63) is 23.5 Å². The third-order valence-corrected chi connectivity index (χ3v) is 11.5. The van der Waals surface area contributed by atoms with Crippen molar-refractivity contribution < 1.29 is 9.55 Å². The Labute approximate surface area is 209 Å². The summed E-state index contributed by atoms with van der Waals surface area (Å²) in [6.45, 7) is 17.0. The summed E-state index contributed by atoms with van der Waals surface area (Å²) >= 11 is 0. The predicted molar refractivity (Wildman–Crippen MR) is 140 cm³/mol. The Morgan fingerprint density at radius 2 is 1.85 bits per heavy atom. The minimum Gasteiger partial charge on any atom is -0.218 e. The molecule has 0 aromatic heterocycles. The quantitative estimate of drug-likeness (QED) is 0.195. The lowest BCUT2D eigenvalue weighted by Crippen LogP contribution is -2.50. The Morgan fingerprint density at radius 1 is 1.09 bits per heavy atom. The van der Waals surface area contributed by atoms with E-state index < -0.39 is 0 Å². The Hall–Kier alpha value is -0.990. The molecule has 191 valence electrons. The number of carbonyl (C=O) groups is 1. The van der Waals surface area contributed by atoms with Gasteiger partial charge in [0.2, 0.25) is 6.54 Å². The van der Waals surface area contributed by atoms with Crippen LogP contribution in [0.15, 0.2) is 11.6 Å². The largest absolute Gasteiger partial charge is 0.421 e. The molecular weight excluding hydrogens is 418 g/mol. The van der Waals surface area contributed by atoms with Crippen LogP contribution in [0.3, 0.4) is 0 Å². The maximum absolute atomic E-state index is 11.6. The van der Waals surface area contributed by atoms with Crippen LogP contribution in [0.1, 0.15) is 105 Å². The highest BCUT2D eigenvalue weighted by atomic mass is 16.3. The third kappa shape index (κ3) is 4.71. The van der Waals surface area contributed by atoms with Gasteiger partial charge in [0.15, 0.2) is 0 Å².